The fourth-order valence-corrected chi connectivity index (χ4v) is 1.42. The second-order valence-corrected chi connectivity index (χ2v) is 2.89. The normalized spacial score (nSPS) is 21.0. The summed E-state index contributed by atoms with van der Waals surface area (Å²) in [5, 5.41) is 9.37. The summed E-state index contributed by atoms with van der Waals surface area (Å²) < 4.78 is 5.43. The summed E-state index contributed by atoms with van der Waals surface area (Å²) in [6.07, 6.45) is 1.03. The first-order chi connectivity index (χ1) is 5.27. The molecular formula is C9H10O2. The smallest absolute Gasteiger partial charge is 0.126 e. The Morgan fingerprint density at radius 3 is 3.09 bits per heavy atom. The third kappa shape index (κ3) is 0.946. The van der Waals surface area contributed by atoms with Gasteiger partial charge in [-0.3, -0.25) is 0 Å². The Morgan fingerprint density at radius 2 is 2.36 bits per heavy atom. The molecule has 1 aromatic rings. The molecule has 0 aliphatic carbocycles. The molecule has 1 unspecified atom stereocenters. The van der Waals surface area contributed by atoms with Crippen molar-refractivity contribution in [2.45, 2.75) is 19.4 Å². The van der Waals surface area contributed by atoms with Crippen molar-refractivity contribution < 1.29 is 9.84 Å². The van der Waals surface area contributed by atoms with Crippen LogP contribution in [0.4, 0.5) is 0 Å². The Labute approximate surface area is 65.4 Å². The molecule has 58 valence electrons. The van der Waals surface area contributed by atoms with Gasteiger partial charge in [-0.2, -0.15) is 0 Å². The van der Waals surface area contributed by atoms with Crippen LogP contribution < -0.4 is 4.74 Å². The second-order valence-electron chi connectivity index (χ2n) is 2.89. The molecule has 0 saturated heterocycles. The molecule has 0 fully saturated rings. The fourth-order valence-electron chi connectivity index (χ4n) is 1.42. The first-order valence-corrected chi connectivity index (χ1v) is 3.75. The van der Waals surface area contributed by atoms with E-state index in [-0.39, 0.29) is 6.10 Å². The first-order valence-electron chi connectivity index (χ1n) is 3.75. The van der Waals surface area contributed by atoms with Gasteiger partial charge >= 0.3 is 0 Å². The van der Waals surface area contributed by atoms with Crippen molar-refractivity contribution in [2.75, 3.05) is 0 Å². The molecule has 0 bridgehead atoms. The Morgan fingerprint density at radius 1 is 1.55 bits per heavy atom. The number of ether oxygens (including phenoxy) is 1. The maximum absolute atomic E-state index is 9.37. The van der Waals surface area contributed by atoms with E-state index >= 15 is 0 Å². The maximum Gasteiger partial charge on any atom is 0.126 e. The van der Waals surface area contributed by atoms with Crippen LogP contribution in [0.15, 0.2) is 18.2 Å². The molecule has 1 aromatic carbocycles. The Balaban J connectivity index is 2.49. The molecule has 2 nitrogen and oxygen atoms in total. The van der Waals surface area contributed by atoms with Gasteiger partial charge in [0.15, 0.2) is 0 Å². The Hall–Kier alpha value is -1.18. The van der Waals surface area contributed by atoms with E-state index in [1.165, 1.54) is 0 Å². The summed E-state index contributed by atoms with van der Waals surface area (Å²) in [5.41, 5.74) is 0.944. The molecule has 0 amide bonds. The second kappa shape index (κ2) is 2.16. The molecule has 1 aliphatic rings. The number of benzene rings is 1. The molecule has 0 saturated carbocycles. The lowest BCUT2D eigenvalue weighted by Crippen LogP contribution is -2.05. The average molecular weight is 150 g/mol. The van der Waals surface area contributed by atoms with Crippen LogP contribution in [0.5, 0.6) is 11.5 Å². The van der Waals surface area contributed by atoms with Crippen LogP contribution in [0.3, 0.4) is 0 Å². The van der Waals surface area contributed by atoms with E-state index in [1.54, 1.807) is 12.1 Å². The van der Waals surface area contributed by atoms with Gasteiger partial charge in [-0.15, -0.1) is 0 Å². The summed E-state index contributed by atoms with van der Waals surface area (Å²) in [7, 11) is 0. The number of fused-ring (bicyclic) bond motifs is 1. The summed E-state index contributed by atoms with van der Waals surface area (Å²) in [4.78, 5) is 0. The van der Waals surface area contributed by atoms with Crippen molar-refractivity contribution in [3.8, 4) is 11.5 Å². The first kappa shape index (κ1) is 6.53. The zero-order valence-electron chi connectivity index (χ0n) is 6.37. The van der Waals surface area contributed by atoms with E-state index in [4.69, 9.17) is 4.74 Å². The number of aromatic hydroxyl groups is 1. The number of phenolic OH excluding ortho intramolecular Hbond substituents is 1. The van der Waals surface area contributed by atoms with Crippen LogP contribution >= 0.6 is 0 Å². The monoisotopic (exact) mass is 150 g/mol. The number of hydrogen-bond donors (Lipinski definition) is 1. The van der Waals surface area contributed by atoms with Crippen LogP contribution in [-0.2, 0) is 6.42 Å². The summed E-state index contributed by atoms with van der Waals surface area (Å²) >= 11 is 0. The standard InChI is InChI=1S/C9H10O2/c1-6-5-7-8(10)3-2-4-9(7)11-6/h2-4,6,10H,5H2,1H3. The van der Waals surface area contributed by atoms with E-state index in [1.807, 2.05) is 13.0 Å². The number of rotatable bonds is 0. The highest BCUT2D eigenvalue weighted by molar-refractivity contribution is 5.46. The van der Waals surface area contributed by atoms with Crippen molar-refractivity contribution in [1.82, 2.24) is 0 Å². The van der Waals surface area contributed by atoms with Crippen LogP contribution in [0.2, 0.25) is 0 Å². The van der Waals surface area contributed by atoms with Crippen LogP contribution in [0, 0.1) is 0 Å². The van der Waals surface area contributed by atoms with Crippen molar-refractivity contribution in [2.24, 2.45) is 0 Å². The highest BCUT2D eigenvalue weighted by atomic mass is 16.5. The van der Waals surface area contributed by atoms with Gasteiger partial charge in [-0.1, -0.05) is 6.07 Å². The Bertz CT molecular complexity index is 281. The Kier molecular flexibility index (Phi) is 1.28. The predicted octanol–water partition coefficient (Wildman–Crippen LogP) is 1.72. The SMILES string of the molecule is CC1Cc2c(O)cccc2O1. The molecule has 1 atom stereocenters. The van der Waals surface area contributed by atoms with E-state index in [9.17, 15) is 5.11 Å². The third-order valence-corrected chi connectivity index (χ3v) is 1.93. The maximum atomic E-state index is 9.37. The van der Waals surface area contributed by atoms with E-state index in [0.717, 1.165) is 17.7 Å². The number of phenols is 1. The summed E-state index contributed by atoms with van der Waals surface area (Å²) in [6, 6.07) is 5.38. The molecule has 0 aromatic heterocycles. The fraction of sp³-hybridized carbons (Fsp3) is 0.333. The summed E-state index contributed by atoms with van der Waals surface area (Å²) in [5.74, 6) is 1.18. The van der Waals surface area contributed by atoms with Crippen molar-refractivity contribution in [1.29, 1.82) is 0 Å². The molecule has 1 heterocycles. The van der Waals surface area contributed by atoms with Gasteiger partial charge < -0.3 is 9.84 Å². The van der Waals surface area contributed by atoms with Gasteiger partial charge in [0.05, 0.1) is 0 Å². The minimum atomic E-state index is 0.207. The largest absolute Gasteiger partial charge is 0.508 e. The van der Waals surface area contributed by atoms with Crippen LogP contribution in [-0.4, -0.2) is 11.2 Å². The molecular weight excluding hydrogens is 140 g/mol. The zero-order valence-corrected chi connectivity index (χ0v) is 6.37. The van der Waals surface area contributed by atoms with Gasteiger partial charge in [0.25, 0.3) is 0 Å². The zero-order chi connectivity index (χ0) is 7.84. The molecule has 1 N–H and O–H groups in total. The van der Waals surface area contributed by atoms with E-state index < -0.39 is 0 Å². The van der Waals surface area contributed by atoms with Gasteiger partial charge in [0, 0.05) is 12.0 Å². The highest BCUT2D eigenvalue weighted by Gasteiger charge is 2.20. The van der Waals surface area contributed by atoms with Gasteiger partial charge in [0.1, 0.15) is 17.6 Å². The molecule has 0 spiro atoms. The van der Waals surface area contributed by atoms with Crippen molar-refractivity contribution in [3.05, 3.63) is 23.8 Å². The third-order valence-electron chi connectivity index (χ3n) is 1.93. The molecule has 1 aliphatic heterocycles. The van der Waals surface area contributed by atoms with Gasteiger partial charge in [0.2, 0.25) is 0 Å². The lowest BCUT2D eigenvalue weighted by Gasteiger charge is -2.00. The van der Waals surface area contributed by atoms with Gasteiger partial charge in [-0.25, -0.2) is 0 Å². The predicted molar refractivity (Wildman–Crippen MR) is 41.9 cm³/mol. The van der Waals surface area contributed by atoms with E-state index in [0.29, 0.717) is 5.75 Å². The van der Waals surface area contributed by atoms with E-state index in [2.05, 4.69) is 0 Å². The molecule has 2 heteroatoms. The minimum absolute atomic E-state index is 0.207. The topological polar surface area (TPSA) is 29.5 Å². The molecule has 0 radical (unpaired) electrons. The molecule has 2 rings (SSSR count). The lowest BCUT2D eigenvalue weighted by molar-refractivity contribution is 0.254. The number of hydrogen-bond acceptors (Lipinski definition) is 2. The van der Waals surface area contributed by atoms with Crippen molar-refractivity contribution in [3.63, 3.8) is 0 Å². The van der Waals surface area contributed by atoms with Gasteiger partial charge in [-0.05, 0) is 19.1 Å². The summed E-state index contributed by atoms with van der Waals surface area (Å²) in [6.45, 7) is 2.00. The quantitative estimate of drug-likeness (QED) is 0.610. The highest BCUT2D eigenvalue weighted by Crippen LogP contribution is 2.34. The average Bonchev–Trinajstić information content (AvgIpc) is 2.31. The van der Waals surface area contributed by atoms with Crippen molar-refractivity contribution >= 4 is 0 Å². The lowest BCUT2D eigenvalue weighted by atomic mass is 10.1. The van der Waals surface area contributed by atoms with Crippen LogP contribution in [0.25, 0.3) is 0 Å². The minimum Gasteiger partial charge on any atom is -0.508 e. The van der Waals surface area contributed by atoms with Crippen LogP contribution in [0.1, 0.15) is 12.5 Å². The molecule has 11 heavy (non-hydrogen) atoms.